The van der Waals surface area contributed by atoms with Gasteiger partial charge in [0.05, 0.1) is 4.88 Å². The molecule has 3 rings (SSSR count). The molecule has 7 nitrogen and oxygen atoms in total. The molecular weight excluding hydrogens is 368 g/mol. The largest absolute Gasteiger partial charge is 0.456 e. The maximum absolute atomic E-state index is 12.4. The highest BCUT2D eigenvalue weighted by Gasteiger charge is 2.47. The number of fused-ring (bicyclic) bond motifs is 1. The van der Waals surface area contributed by atoms with Crippen LogP contribution in [0.4, 0.5) is 4.79 Å². The van der Waals surface area contributed by atoms with Crippen molar-refractivity contribution >= 4 is 45.1 Å². The third-order valence-corrected chi connectivity index (χ3v) is 6.11. The van der Waals surface area contributed by atoms with Crippen LogP contribution in [-0.2, 0) is 14.3 Å². The summed E-state index contributed by atoms with van der Waals surface area (Å²) in [6.45, 7) is 4.28. The highest BCUT2D eigenvalue weighted by atomic mass is 32.1. The van der Waals surface area contributed by atoms with Crippen molar-refractivity contribution in [2.24, 2.45) is 0 Å². The Bertz CT molecular complexity index is 951. The summed E-state index contributed by atoms with van der Waals surface area (Å²) in [7, 11) is 0. The average Bonchev–Trinajstić information content (AvgIpc) is 3.10. The molecule has 0 saturated carbocycles. The summed E-state index contributed by atoms with van der Waals surface area (Å²) in [5, 5.41) is 3.56. The predicted octanol–water partition coefficient (Wildman–Crippen LogP) is 2.66. The van der Waals surface area contributed by atoms with Crippen molar-refractivity contribution in [3.63, 3.8) is 0 Å². The number of Topliss-reactive ketones (excluding diaryl/α,β-unsaturated/α-hetero) is 1. The van der Waals surface area contributed by atoms with E-state index in [1.54, 1.807) is 13.8 Å². The number of esters is 1. The number of nitrogens with zero attached hydrogens (tertiary/aromatic N) is 1. The van der Waals surface area contributed by atoms with Gasteiger partial charge in [-0.25, -0.2) is 4.79 Å². The van der Waals surface area contributed by atoms with Crippen LogP contribution in [0.3, 0.4) is 0 Å². The SMILES string of the molecule is CCC1(C)NC(=O)N(CC(=O)OCC(=O)c2sc3ccccc3c2C)C1=O. The summed E-state index contributed by atoms with van der Waals surface area (Å²) in [6.07, 6.45) is 0.410. The number of benzene rings is 1. The Morgan fingerprint density at radius 3 is 2.59 bits per heavy atom. The minimum atomic E-state index is -1.01. The van der Waals surface area contributed by atoms with Crippen molar-refractivity contribution < 1.29 is 23.9 Å². The number of aryl methyl sites for hydroxylation is 1. The monoisotopic (exact) mass is 388 g/mol. The van der Waals surface area contributed by atoms with Crippen molar-refractivity contribution in [2.75, 3.05) is 13.2 Å². The zero-order valence-corrected chi connectivity index (χ0v) is 16.1. The molecular formula is C19H20N2O5S. The Morgan fingerprint density at radius 1 is 1.26 bits per heavy atom. The van der Waals surface area contributed by atoms with Crippen molar-refractivity contribution in [3.8, 4) is 0 Å². The van der Waals surface area contributed by atoms with Gasteiger partial charge in [-0.2, -0.15) is 0 Å². The van der Waals surface area contributed by atoms with Crippen molar-refractivity contribution in [1.82, 2.24) is 10.2 Å². The van der Waals surface area contributed by atoms with Crippen molar-refractivity contribution in [2.45, 2.75) is 32.7 Å². The summed E-state index contributed by atoms with van der Waals surface area (Å²) in [4.78, 5) is 50.0. The van der Waals surface area contributed by atoms with Crippen LogP contribution in [-0.4, -0.2) is 47.3 Å². The maximum atomic E-state index is 12.4. The first-order chi connectivity index (χ1) is 12.8. The van der Waals surface area contributed by atoms with Crippen molar-refractivity contribution in [1.29, 1.82) is 0 Å². The van der Waals surface area contributed by atoms with Gasteiger partial charge in [-0.05, 0) is 37.3 Å². The summed E-state index contributed by atoms with van der Waals surface area (Å²) >= 11 is 1.35. The third kappa shape index (κ3) is 3.44. The molecule has 2 aromatic rings. The zero-order valence-electron chi connectivity index (χ0n) is 15.3. The molecule has 1 aromatic carbocycles. The van der Waals surface area contributed by atoms with E-state index < -0.39 is 36.6 Å². The highest BCUT2D eigenvalue weighted by Crippen LogP contribution is 2.30. The van der Waals surface area contributed by atoms with Gasteiger partial charge in [0.25, 0.3) is 5.91 Å². The number of rotatable bonds is 6. The van der Waals surface area contributed by atoms with Crippen LogP contribution in [0.5, 0.6) is 0 Å². The van der Waals surface area contributed by atoms with Crippen LogP contribution >= 0.6 is 11.3 Å². The molecule has 1 aromatic heterocycles. The van der Waals surface area contributed by atoms with E-state index in [0.717, 1.165) is 20.5 Å². The average molecular weight is 388 g/mol. The number of ketones is 1. The fraction of sp³-hybridized carbons (Fsp3) is 0.368. The molecule has 3 amide bonds. The highest BCUT2D eigenvalue weighted by molar-refractivity contribution is 7.21. The molecule has 1 N–H and O–H groups in total. The van der Waals surface area contributed by atoms with Gasteiger partial charge in [0, 0.05) is 4.70 Å². The van der Waals surface area contributed by atoms with Gasteiger partial charge >= 0.3 is 12.0 Å². The fourth-order valence-corrected chi connectivity index (χ4v) is 4.09. The number of hydrogen-bond acceptors (Lipinski definition) is 6. The van der Waals surface area contributed by atoms with Gasteiger partial charge in [0.2, 0.25) is 5.78 Å². The first-order valence-corrected chi connectivity index (χ1v) is 9.39. The minimum absolute atomic E-state index is 0.308. The van der Waals surface area contributed by atoms with Crippen molar-refractivity contribution in [3.05, 3.63) is 34.7 Å². The molecule has 0 radical (unpaired) electrons. The second-order valence-electron chi connectivity index (χ2n) is 6.64. The number of carbonyl (C=O) groups excluding carboxylic acids is 4. The molecule has 0 bridgehead atoms. The molecule has 27 heavy (non-hydrogen) atoms. The first kappa shape index (κ1) is 19.0. The van der Waals surface area contributed by atoms with Crippen LogP contribution in [0.25, 0.3) is 10.1 Å². The van der Waals surface area contributed by atoms with E-state index >= 15 is 0 Å². The number of hydrogen-bond donors (Lipinski definition) is 1. The number of nitrogens with one attached hydrogen (secondary N) is 1. The number of imide groups is 1. The van der Waals surface area contributed by atoms with E-state index in [1.807, 2.05) is 31.2 Å². The van der Waals surface area contributed by atoms with Crippen LogP contribution in [0, 0.1) is 6.92 Å². The van der Waals surface area contributed by atoms with Gasteiger partial charge in [-0.3, -0.25) is 19.3 Å². The van der Waals surface area contributed by atoms with Gasteiger partial charge in [0.1, 0.15) is 12.1 Å². The van der Waals surface area contributed by atoms with E-state index in [9.17, 15) is 19.2 Å². The number of thiophene rings is 1. The number of ether oxygens (including phenoxy) is 1. The van der Waals surface area contributed by atoms with Gasteiger partial charge in [-0.1, -0.05) is 25.1 Å². The van der Waals surface area contributed by atoms with Gasteiger partial charge < -0.3 is 10.1 Å². The normalized spacial score (nSPS) is 19.4. The third-order valence-electron chi connectivity index (χ3n) is 4.80. The Morgan fingerprint density at radius 2 is 1.96 bits per heavy atom. The zero-order chi connectivity index (χ0) is 19.8. The topological polar surface area (TPSA) is 92.8 Å². The van der Waals surface area contributed by atoms with E-state index in [-0.39, 0.29) is 5.78 Å². The minimum Gasteiger partial charge on any atom is -0.456 e. The summed E-state index contributed by atoms with van der Waals surface area (Å²) < 4.78 is 6.00. The van der Waals surface area contributed by atoms with Crippen LogP contribution in [0.15, 0.2) is 24.3 Å². The molecule has 8 heteroatoms. The Labute approximate surface area is 160 Å². The lowest BCUT2D eigenvalue weighted by Crippen LogP contribution is -2.43. The fourth-order valence-electron chi connectivity index (χ4n) is 2.96. The standard InChI is InChI=1S/C19H20N2O5S/c1-4-19(3)17(24)21(18(25)20-19)9-15(23)26-10-13(22)16-11(2)12-7-5-6-8-14(12)27-16/h5-8H,4,9-10H2,1-3H3,(H,20,25). The van der Waals surface area contributed by atoms with Crippen LogP contribution < -0.4 is 5.32 Å². The Kier molecular flexibility index (Phi) is 5.01. The molecule has 0 spiro atoms. The molecule has 1 unspecified atom stereocenters. The molecule has 142 valence electrons. The molecule has 0 aliphatic carbocycles. The second kappa shape index (κ2) is 7.11. The van der Waals surface area contributed by atoms with Crippen LogP contribution in [0.2, 0.25) is 0 Å². The summed E-state index contributed by atoms with van der Waals surface area (Å²) in [6, 6.07) is 7.03. The number of urea groups is 1. The second-order valence-corrected chi connectivity index (χ2v) is 7.70. The molecule has 1 saturated heterocycles. The number of amides is 3. The lowest BCUT2D eigenvalue weighted by atomic mass is 9.99. The van der Waals surface area contributed by atoms with Crippen LogP contribution in [0.1, 0.15) is 35.5 Å². The smallest absolute Gasteiger partial charge is 0.326 e. The van der Waals surface area contributed by atoms with Gasteiger partial charge in [0.15, 0.2) is 6.61 Å². The van der Waals surface area contributed by atoms with E-state index in [1.165, 1.54) is 11.3 Å². The van der Waals surface area contributed by atoms with E-state index in [4.69, 9.17) is 4.74 Å². The molecule has 2 heterocycles. The lowest BCUT2D eigenvalue weighted by molar-refractivity contribution is -0.146. The maximum Gasteiger partial charge on any atom is 0.326 e. The summed E-state index contributed by atoms with van der Waals surface area (Å²) in [5.41, 5.74) is -0.161. The van der Waals surface area contributed by atoms with E-state index in [0.29, 0.717) is 11.3 Å². The predicted molar refractivity (Wildman–Crippen MR) is 101 cm³/mol. The lowest BCUT2D eigenvalue weighted by Gasteiger charge is -2.18. The quantitative estimate of drug-likeness (QED) is 0.467. The van der Waals surface area contributed by atoms with E-state index in [2.05, 4.69) is 5.32 Å². The molecule has 1 aliphatic heterocycles. The first-order valence-electron chi connectivity index (χ1n) is 8.58. The molecule has 1 fully saturated rings. The van der Waals surface area contributed by atoms with Gasteiger partial charge in [-0.15, -0.1) is 11.3 Å². The Balaban J connectivity index is 1.62. The Hall–Kier alpha value is -2.74. The molecule has 1 atom stereocenters. The molecule has 1 aliphatic rings. The number of carbonyl (C=O) groups is 4. The summed E-state index contributed by atoms with van der Waals surface area (Å²) in [5.74, 6) is -1.58.